The summed E-state index contributed by atoms with van der Waals surface area (Å²) in [4.78, 5) is 1.11. The van der Waals surface area contributed by atoms with Gasteiger partial charge in [-0.25, -0.2) is 4.39 Å². The molecule has 0 aromatic heterocycles. The smallest absolute Gasteiger partial charge is 0.137 e. The van der Waals surface area contributed by atoms with Gasteiger partial charge in [-0.15, -0.1) is 11.8 Å². The van der Waals surface area contributed by atoms with E-state index in [1.807, 2.05) is 13.2 Å². The molecule has 11 heavy (non-hydrogen) atoms. The topological polar surface area (TPSA) is 0 Å². The monoisotopic (exact) mass is 234 g/mol. The van der Waals surface area contributed by atoms with Crippen LogP contribution in [0.3, 0.4) is 0 Å². The summed E-state index contributed by atoms with van der Waals surface area (Å²) in [6.45, 7) is 1.90. The molecular formula is C8H8BrFS. The molecule has 0 aliphatic heterocycles. The van der Waals surface area contributed by atoms with Crippen molar-refractivity contribution in [2.24, 2.45) is 0 Å². The Bertz CT molecular complexity index is 273. The summed E-state index contributed by atoms with van der Waals surface area (Å²) in [6.07, 6.45) is 1.98. The van der Waals surface area contributed by atoms with E-state index in [1.54, 1.807) is 17.8 Å². The van der Waals surface area contributed by atoms with Crippen LogP contribution in [0, 0.1) is 12.7 Å². The molecule has 0 nitrogen and oxygen atoms in total. The lowest BCUT2D eigenvalue weighted by Crippen LogP contribution is -1.83. The van der Waals surface area contributed by atoms with Crippen molar-refractivity contribution >= 4 is 27.7 Å². The van der Waals surface area contributed by atoms with Crippen LogP contribution in [0.5, 0.6) is 0 Å². The van der Waals surface area contributed by atoms with Crippen LogP contribution in [0.2, 0.25) is 0 Å². The molecule has 1 aromatic rings. The van der Waals surface area contributed by atoms with Crippen molar-refractivity contribution in [1.82, 2.24) is 0 Å². The number of thioether (sulfide) groups is 1. The number of halogens is 2. The minimum atomic E-state index is -0.194. The quantitative estimate of drug-likeness (QED) is 0.670. The lowest BCUT2D eigenvalue weighted by Gasteiger charge is -2.02. The lowest BCUT2D eigenvalue weighted by molar-refractivity contribution is 0.618. The third-order valence-electron chi connectivity index (χ3n) is 1.44. The standard InChI is InChI=1S/C8H8BrFS/c1-5-3-7(10)6(9)4-8(5)11-2/h3-4H,1-2H3. The van der Waals surface area contributed by atoms with Gasteiger partial charge in [0.1, 0.15) is 5.82 Å². The number of hydrogen-bond donors (Lipinski definition) is 0. The van der Waals surface area contributed by atoms with Crippen molar-refractivity contribution in [1.29, 1.82) is 0 Å². The van der Waals surface area contributed by atoms with Crippen LogP contribution in [-0.4, -0.2) is 6.26 Å². The maximum atomic E-state index is 12.8. The second-order valence-corrected chi connectivity index (χ2v) is 3.94. The van der Waals surface area contributed by atoms with Gasteiger partial charge in [0.2, 0.25) is 0 Å². The Hall–Kier alpha value is -0.0200. The van der Waals surface area contributed by atoms with Gasteiger partial charge in [0.25, 0.3) is 0 Å². The van der Waals surface area contributed by atoms with Crippen molar-refractivity contribution in [2.45, 2.75) is 11.8 Å². The van der Waals surface area contributed by atoms with Gasteiger partial charge in [-0.1, -0.05) is 0 Å². The summed E-state index contributed by atoms with van der Waals surface area (Å²) in [5, 5.41) is 0. The first kappa shape index (κ1) is 9.07. The molecule has 60 valence electrons. The fourth-order valence-corrected chi connectivity index (χ4v) is 1.96. The van der Waals surface area contributed by atoms with E-state index < -0.39 is 0 Å². The molecular weight excluding hydrogens is 227 g/mol. The van der Waals surface area contributed by atoms with Gasteiger partial charge in [-0.3, -0.25) is 0 Å². The van der Waals surface area contributed by atoms with Crippen LogP contribution in [0.15, 0.2) is 21.5 Å². The highest BCUT2D eigenvalue weighted by Crippen LogP contribution is 2.26. The predicted octanol–water partition coefficient (Wildman–Crippen LogP) is 3.62. The summed E-state index contributed by atoms with van der Waals surface area (Å²) in [5.74, 6) is -0.194. The van der Waals surface area contributed by atoms with Crippen LogP contribution in [0.1, 0.15) is 5.56 Å². The highest BCUT2D eigenvalue weighted by atomic mass is 79.9. The minimum Gasteiger partial charge on any atom is -0.206 e. The Kier molecular flexibility index (Phi) is 2.96. The van der Waals surface area contributed by atoms with Crippen LogP contribution < -0.4 is 0 Å². The largest absolute Gasteiger partial charge is 0.206 e. The van der Waals surface area contributed by atoms with Crippen molar-refractivity contribution in [3.05, 3.63) is 28.0 Å². The summed E-state index contributed by atoms with van der Waals surface area (Å²) in [5.41, 5.74) is 0.984. The maximum Gasteiger partial charge on any atom is 0.137 e. The fourth-order valence-electron chi connectivity index (χ4n) is 0.848. The van der Waals surface area contributed by atoms with Gasteiger partial charge in [0.15, 0.2) is 0 Å². The van der Waals surface area contributed by atoms with Crippen molar-refractivity contribution in [2.75, 3.05) is 6.26 Å². The first-order valence-corrected chi connectivity index (χ1v) is 5.16. The predicted molar refractivity (Wildman–Crippen MR) is 50.6 cm³/mol. The first-order chi connectivity index (χ1) is 5.15. The Morgan fingerprint density at radius 2 is 2.09 bits per heavy atom. The minimum absolute atomic E-state index is 0.194. The van der Waals surface area contributed by atoms with Gasteiger partial charge in [0, 0.05) is 4.90 Å². The van der Waals surface area contributed by atoms with E-state index >= 15 is 0 Å². The summed E-state index contributed by atoms with van der Waals surface area (Å²) in [7, 11) is 0. The number of hydrogen-bond acceptors (Lipinski definition) is 1. The fraction of sp³-hybridized carbons (Fsp3) is 0.250. The molecule has 0 amide bonds. The van der Waals surface area contributed by atoms with Gasteiger partial charge in [-0.2, -0.15) is 0 Å². The number of rotatable bonds is 1. The molecule has 0 heterocycles. The van der Waals surface area contributed by atoms with E-state index in [0.717, 1.165) is 10.5 Å². The van der Waals surface area contributed by atoms with Crippen molar-refractivity contribution < 1.29 is 4.39 Å². The molecule has 0 unspecified atom stereocenters. The molecule has 0 atom stereocenters. The van der Waals surface area contributed by atoms with E-state index in [1.165, 1.54) is 6.07 Å². The molecule has 0 fully saturated rings. The molecule has 3 heteroatoms. The highest BCUT2D eigenvalue weighted by molar-refractivity contribution is 9.10. The Labute approximate surface area is 78.3 Å². The third-order valence-corrected chi connectivity index (χ3v) is 2.93. The van der Waals surface area contributed by atoms with Crippen LogP contribution >= 0.6 is 27.7 Å². The zero-order chi connectivity index (χ0) is 8.43. The van der Waals surface area contributed by atoms with Gasteiger partial charge in [0.05, 0.1) is 4.47 Å². The van der Waals surface area contributed by atoms with Crippen molar-refractivity contribution in [3.8, 4) is 0 Å². The SMILES string of the molecule is CSc1cc(Br)c(F)cc1C. The number of benzene rings is 1. The second kappa shape index (κ2) is 3.59. The number of aryl methyl sites for hydroxylation is 1. The normalized spacial score (nSPS) is 10.2. The summed E-state index contributed by atoms with van der Waals surface area (Å²) in [6, 6.07) is 3.34. The zero-order valence-corrected chi connectivity index (χ0v) is 8.72. The Morgan fingerprint density at radius 3 is 2.64 bits per heavy atom. The second-order valence-electron chi connectivity index (χ2n) is 2.24. The molecule has 0 saturated heterocycles. The lowest BCUT2D eigenvalue weighted by atomic mass is 10.2. The molecule has 0 aliphatic rings. The first-order valence-electron chi connectivity index (χ1n) is 3.15. The zero-order valence-electron chi connectivity index (χ0n) is 6.32. The average Bonchev–Trinajstić information content (AvgIpc) is 1.97. The molecule has 0 bridgehead atoms. The van der Waals surface area contributed by atoms with Crippen LogP contribution in [-0.2, 0) is 0 Å². The van der Waals surface area contributed by atoms with Crippen molar-refractivity contribution in [3.63, 3.8) is 0 Å². The van der Waals surface area contributed by atoms with Gasteiger partial charge < -0.3 is 0 Å². The maximum absolute atomic E-state index is 12.8. The molecule has 1 rings (SSSR count). The molecule has 0 saturated carbocycles. The molecule has 0 aliphatic carbocycles. The van der Waals surface area contributed by atoms with Gasteiger partial charge in [-0.05, 0) is 46.8 Å². The van der Waals surface area contributed by atoms with E-state index in [4.69, 9.17) is 0 Å². The van der Waals surface area contributed by atoms with E-state index in [-0.39, 0.29) is 5.82 Å². The van der Waals surface area contributed by atoms with Gasteiger partial charge >= 0.3 is 0 Å². The third kappa shape index (κ3) is 1.97. The molecule has 0 radical (unpaired) electrons. The molecule has 0 N–H and O–H groups in total. The van der Waals surface area contributed by atoms with E-state index in [2.05, 4.69) is 15.9 Å². The van der Waals surface area contributed by atoms with Crippen LogP contribution in [0.25, 0.3) is 0 Å². The van der Waals surface area contributed by atoms with E-state index in [9.17, 15) is 4.39 Å². The Balaban J connectivity index is 3.21. The Morgan fingerprint density at radius 1 is 1.45 bits per heavy atom. The summed E-state index contributed by atoms with van der Waals surface area (Å²) >= 11 is 4.75. The molecule has 0 spiro atoms. The summed E-state index contributed by atoms with van der Waals surface area (Å²) < 4.78 is 13.4. The molecule has 1 aromatic carbocycles. The van der Waals surface area contributed by atoms with E-state index in [0.29, 0.717) is 4.47 Å². The average molecular weight is 235 g/mol. The van der Waals surface area contributed by atoms with Crippen LogP contribution in [0.4, 0.5) is 4.39 Å². The highest BCUT2D eigenvalue weighted by Gasteiger charge is 2.03.